The normalized spacial score (nSPS) is 17.1. The van der Waals surface area contributed by atoms with E-state index in [9.17, 15) is 4.79 Å². The molecule has 0 aromatic heterocycles. The summed E-state index contributed by atoms with van der Waals surface area (Å²) in [5.41, 5.74) is 8.01. The second kappa shape index (κ2) is 7.70. The number of hydrogen-bond donors (Lipinski definition) is 0. The highest BCUT2D eigenvalue weighted by molar-refractivity contribution is 5.87. The molecule has 2 aromatic rings. The fraction of sp³-hybridized carbons (Fsp3) is 0.423. The first-order valence-corrected chi connectivity index (χ1v) is 10.3. The molecule has 3 heteroatoms. The van der Waals surface area contributed by atoms with E-state index >= 15 is 0 Å². The van der Waals surface area contributed by atoms with Crippen molar-refractivity contribution in [3.8, 4) is 0 Å². The van der Waals surface area contributed by atoms with Gasteiger partial charge in [0.2, 0.25) is 0 Å². The number of carbonyl (C=O) groups is 1. The van der Waals surface area contributed by atoms with E-state index in [1.807, 2.05) is 12.1 Å². The second-order valence-corrected chi connectivity index (χ2v) is 9.46. The molecule has 0 atom stereocenters. The topological polar surface area (TPSA) is 29.5 Å². The molecule has 0 saturated heterocycles. The molecule has 154 valence electrons. The zero-order valence-corrected chi connectivity index (χ0v) is 18.8. The van der Waals surface area contributed by atoms with Gasteiger partial charge >= 0.3 is 5.97 Å². The van der Waals surface area contributed by atoms with Crippen LogP contribution in [-0.2, 0) is 20.4 Å². The van der Waals surface area contributed by atoms with Gasteiger partial charge in [0.25, 0.3) is 0 Å². The predicted octanol–water partition coefficient (Wildman–Crippen LogP) is 6.30. The molecule has 0 spiro atoms. The lowest BCUT2D eigenvalue weighted by Crippen LogP contribution is -2.34. The van der Waals surface area contributed by atoms with Gasteiger partial charge in [-0.3, -0.25) is 0 Å². The minimum atomic E-state index is -0.346. The maximum atomic E-state index is 11.3. The standard InChI is InChI=1S/C26H33NO2/c1-18-16-21-22(26(4,5)15-14-25(21,2)3)17-23(18)27(6)20-11-8-19(9-12-20)10-13-24(28)29-7/h8-13,16-17H,14-15H2,1-7H3/b13-10+. The summed E-state index contributed by atoms with van der Waals surface area (Å²) < 4.78 is 4.65. The number of rotatable bonds is 4. The Morgan fingerprint density at radius 3 is 2.10 bits per heavy atom. The largest absolute Gasteiger partial charge is 0.466 e. The molecule has 2 aromatic carbocycles. The summed E-state index contributed by atoms with van der Waals surface area (Å²) in [4.78, 5) is 13.5. The van der Waals surface area contributed by atoms with Crippen LogP contribution in [0.1, 0.15) is 62.8 Å². The molecule has 0 saturated carbocycles. The van der Waals surface area contributed by atoms with Crippen LogP contribution >= 0.6 is 0 Å². The number of fused-ring (bicyclic) bond motifs is 1. The lowest BCUT2D eigenvalue weighted by atomic mass is 9.63. The number of nitrogens with zero attached hydrogens (tertiary/aromatic N) is 1. The van der Waals surface area contributed by atoms with Crippen molar-refractivity contribution in [1.82, 2.24) is 0 Å². The third-order valence-corrected chi connectivity index (χ3v) is 6.42. The van der Waals surface area contributed by atoms with E-state index in [0.29, 0.717) is 0 Å². The predicted molar refractivity (Wildman–Crippen MR) is 122 cm³/mol. The van der Waals surface area contributed by atoms with Gasteiger partial charge in [-0.1, -0.05) is 45.9 Å². The number of ether oxygens (including phenoxy) is 1. The van der Waals surface area contributed by atoms with Crippen molar-refractivity contribution in [2.75, 3.05) is 19.1 Å². The number of hydrogen-bond acceptors (Lipinski definition) is 3. The van der Waals surface area contributed by atoms with E-state index in [0.717, 1.165) is 11.3 Å². The number of aryl methyl sites for hydroxylation is 1. The fourth-order valence-electron chi connectivity index (χ4n) is 4.25. The Hall–Kier alpha value is -2.55. The molecule has 0 aliphatic heterocycles. The third-order valence-electron chi connectivity index (χ3n) is 6.42. The first kappa shape index (κ1) is 21.2. The van der Waals surface area contributed by atoms with Crippen LogP contribution in [0.3, 0.4) is 0 Å². The van der Waals surface area contributed by atoms with Gasteiger partial charge in [-0.2, -0.15) is 0 Å². The summed E-state index contributed by atoms with van der Waals surface area (Å²) in [5, 5.41) is 0. The van der Waals surface area contributed by atoms with Crippen LogP contribution in [0, 0.1) is 6.92 Å². The van der Waals surface area contributed by atoms with Gasteiger partial charge in [-0.05, 0) is 77.1 Å². The Morgan fingerprint density at radius 2 is 1.55 bits per heavy atom. The van der Waals surface area contributed by atoms with Crippen LogP contribution in [-0.4, -0.2) is 20.1 Å². The van der Waals surface area contributed by atoms with Gasteiger partial charge in [-0.15, -0.1) is 0 Å². The van der Waals surface area contributed by atoms with Crippen LogP contribution in [0.2, 0.25) is 0 Å². The summed E-state index contributed by atoms with van der Waals surface area (Å²) in [7, 11) is 3.50. The Kier molecular flexibility index (Phi) is 5.62. The molecule has 0 amide bonds. The van der Waals surface area contributed by atoms with E-state index in [-0.39, 0.29) is 16.8 Å². The number of esters is 1. The van der Waals surface area contributed by atoms with Gasteiger partial charge in [-0.25, -0.2) is 4.79 Å². The summed E-state index contributed by atoms with van der Waals surface area (Å²) >= 11 is 0. The van der Waals surface area contributed by atoms with Crippen molar-refractivity contribution >= 4 is 23.4 Å². The number of carbonyl (C=O) groups excluding carboxylic acids is 1. The highest BCUT2D eigenvalue weighted by Crippen LogP contribution is 2.48. The lowest BCUT2D eigenvalue weighted by Gasteiger charge is -2.43. The maximum absolute atomic E-state index is 11.3. The quantitative estimate of drug-likeness (QED) is 0.452. The van der Waals surface area contributed by atoms with Gasteiger partial charge < -0.3 is 9.64 Å². The molecule has 0 unspecified atom stereocenters. The fourth-order valence-corrected chi connectivity index (χ4v) is 4.25. The first-order chi connectivity index (χ1) is 13.5. The van der Waals surface area contributed by atoms with Crippen LogP contribution < -0.4 is 4.90 Å². The van der Waals surface area contributed by atoms with Crippen molar-refractivity contribution in [1.29, 1.82) is 0 Å². The summed E-state index contributed by atoms with van der Waals surface area (Å²) in [6.45, 7) is 11.7. The number of anilines is 2. The molecule has 0 N–H and O–H groups in total. The van der Waals surface area contributed by atoms with Crippen molar-refractivity contribution in [2.24, 2.45) is 0 Å². The van der Waals surface area contributed by atoms with Crippen LogP contribution in [0.4, 0.5) is 11.4 Å². The van der Waals surface area contributed by atoms with E-state index in [1.165, 1.54) is 48.4 Å². The number of benzene rings is 2. The number of methoxy groups -OCH3 is 1. The Bertz CT molecular complexity index is 936. The molecule has 0 fully saturated rings. The van der Waals surface area contributed by atoms with E-state index in [4.69, 9.17) is 0 Å². The monoisotopic (exact) mass is 391 g/mol. The average molecular weight is 392 g/mol. The Morgan fingerprint density at radius 1 is 1.00 bits per heavy atom. The van der Waals surface area contributed by atoms with E-state index in [1.54, 1.807) is 6.08 Å². The third kappa shape index (κ3) is 4.24. The van der Waals surface area contributed by atoms with E-state index in [2.05, 4.69) is 75.6 Å². The zero-order valence-electron chi connectivity index (χ0n) is 18.8. The molecular weight excluding hydrogens is 358 g/mol. The van der Waals surface area contributed by atoms with Gasteiger partial charge in [0.05, 0.1) is 7.11 Å². The molecule has 0 bridgehead atoms. The molecule has 1 aliphatic carbocycles. The Labute approximate surface area is 175 Å². The minimum Gasteiger partial charge on any atom is -0.466 e. The molecular formula is C26H33NO2. The molecule has 3 rings (SSSR count). The van der Waals surface area contributed by atoms with Gasteiger partial charge in [0.15, 0.2) is 0 Å². The molecule has 1 aliphatic rings. The summed E-state index contributed by atoms with van der Waals surface area (Å²) in [5.74, 6) is -0.346. The molecule has 29 heavy (non-hydrogen) atoms. The first-order valence-electron chi connectivity index (χ1n) is 10.3. The zero-order chi connectivity index (χ0) is 21.4. The Balaban J connectivity index is 1.95. The molecule has 0 radical (unpaired) electrons. The van der Waals surface area contributed by atoms with Crippen molar-refractivity contribution < 1.29 is 9.53 Å². The van der Waals surface area contributed by atoms with Crippen molar-refractivity contribution in [3.63, 3.8) is 0 Å². The summed E-state index contributed by atoms with van der Waals surface area (Å²) in [6, 6.07) is 13.0. The minimum absolute atomic E-state index is 0.191. The molecule has 0 heterocycles. The average Bonchev–Trinajstić information content (AvgIpc) is 2.69. The smallest absolute Gasteiger partial charge is 0.330 e. The lowest BCUT2D eigenvalue weighted by molar-refractivity contribution is -0.134. The highest BCUT2D eigenvalue weighted by atomic mass is 16.5. The SMILES string of the molecule is COC(=O)/C=C/c1ccc(N(C)c2cc3c(cc2C)C(C)(C)CCC3(C)C)cc1. The summed E-state index contributed by atoms with van der Waals surface area (Å²) in [6.07, 6.45) is 5.64. The van der Waals surface area contributed by atoms with Crippen molar-refractivity contribution in [3.05, 3.63) is 64.7 Å². The highest BCUT2D eigenvalue weighted by Gasteiger charge is 2.37. The second-order valence-electron chi connectivity index (χ2n) is 9.46. The van der Waals surface area contributed by atoms with Gasteiger partial charge in [0.1, 0.15) is 0 Å². The van der Waals surface area contributed by atoms with Crippen LogP contribution in [0.25, 0.3) is 6.08 Å². The van der Waals surface area contributed by atoms with Crippen LogP contribution in [0.5, 0.6) is 0 Å². The van der Waals surface area contributed by atoms with Crippen molar-refractivity contribution in [2.45, 2.75) is 58.3 Å². The van der Waals surface area contributed by atoms with Crippen LogP contribution in [0.15, 0.2) is 42.5 Å². The van der Waals surface area contributed by atoms with Gasteiger partial charge in [0, 0.05) is 24.5 Å². The molecule has 3 nitrogen and oxygen atoms in total. The maximum Gasteiger partial charge on any atom is 0.330 e. The van der Waals surface area contributed by atoms with E-state index < -0.39 is 0 Å².